The normalized spacial score (nSPS) is 15.5. The Hall–Kier alpha value is -2.53. The molecule has 3 aromatic heterocycles. The summed E-state index contributed by atoms with van der Waals surface area (Å²) in [6.45, 7) is 3.12. The molecular formula is C20H22F3N5O2S. The molecular weight excluding hydrogens is 431 g/mol. The molecule has 1 aliphatic carbocycles. The minimum absolute atomic E-state index is 0.0417. The number of hydrogen-bond donors (Lipinski definition) is 1. The van der Waals surface area contributed by atoms with Crippen LogP contribution in [-0.4, -0.2) is 35.4 Å². The van der Waals surface area contributed by atoms with Gasteiger partial charge in [0.25, 0.3) is 5.56 Å². The molecule has 0 amide bonds. The average Bonchev–Trinajstić information content (AvgIpc) is 3.47. The number of imidazole rings is 1. The van der Waals surface area contributed by atoms with Crippen LogP contribution in [0.5, 0.6) is 0 Å². The van der Waals surface area contributed by atoms with Gasteiger partial charge in [-0.05, 0) is 43.9 Å². The number of halogens is 3. The smallest absolute Gasteiger partial charge is 0.431 e. The molecule has 1 saturated carbocycles. The van der Waals surface area contributed by atoms with E-state index in [0.717, 1.165) is 24.6 Å². The number of rotatable bonds is 6. The Labute approximate surface area is 179 Å². The Balaban J connectivity index is 1.93. The minimum Gasteiger partial charge on any atom is -0.611 e. The molecule has 0 bridgehead atoms. The largest absolute Gasteiger partial charge is 0.611 e. The van der Waals surface area contributed by atoms with Gasteiger partial charge in [-0.3, -0.25) is 4.79 Å². The fourth-order valence-electron chi connectivity index (χ4n) is 3.56. The van der Waals surface area contributed by atoms with Gasteiger partial charge in [0.05, 0.1) is 17.4 Å². The number of pyridine rings is 2. The Morgan fingerprint density at radius 1 is 1.29 bits per heavy atom. The molecule has 1 fully saturated rings. The Morgan fingerprint density at radius 3 is 2.58 bits per heavy atom. The van der Waals surface area contributed by atoms with Crippen LogP contribution in [0, 0.1) is 0 Å². The fourth-order valence-corrected chi connectivity index (χ4v) is 4.49. The van der Waals surface area contributed by atoms with Crippen molar-refractivity contribution in [1.82, 2.24) is 19.1 Å². The van der Waals surface area contributed by atoms with Crippen molar-refractivity contribution < 1.29 is 17.7 Å². The number of alkyl halides is 3. The third-order valence-corrected chi connectivity index (χ3v) is 6.59. The molecule has 3 aromatic rings. The SMILES string of the molecule is CCn1c(C(F)(F)F)cc2nc(-c3ncc(NC4CC4)cc3[S+]([O-])CC)n(C)c2c1=O. The first-order valence-electron chi connectivity index (χ1n) is 9.98. The van der Waals surface area contributed by atoms with Crippen LogP contribution in [-0.2, 0) is 30.9 Å². The van der Waals surface area contributed by atoms with E-state index >= 15 is 0 Å². The highest BCUT2D eigenvalue weighted by molar-refractivity contribution is 7.91. The van der Waals surface area contributed by atoms with E-state index in [1.807, 2.05) is 0 Å². The summed E-state index contributed by atoms with van der Waals surface area (Å²) >= 11 is -1.39. The highest BCUT2D eigenvalue weighted by atomic mass is 32.2. The summed E-state index contributed by atoms with van der Waals surface area (Å²) in [6.07, 6.45) is -0.979. The van der Waals surface area contributed by atoms with Crippen molar-refractivity contribution in [2.24, 2.45) is 7.05 Å². The van der Waals surface area contributed by atoms with Gasteiger partial charge in [0, 0.05) is 25.7 Å². The van der Waals surface area contributed by atoms with E-state index < -0.39 is 28.6 Å². The maximum Gasteiger partial charge on any atom is 0.431 e. The lowest BCUT2D eigenvalue weighted by Gasteiger charge is -2.14. The van der Waals surface area contributed by atoms with E-state index in [1.54, 1.807) is 26.2 Å². The molecule has 0 radical (unpaired) electrons. The molecule has 7 nitrogen and oxygen atoms in total. The number of aromatic nitrogens is 4. The minimum atomic E-state index is -4.69. The summed E-state index contributed by atoms with van der Waals surface area (Å²) in [5.41, 5.74) is -0.842. The summed E-state index contributed by atoms with van der Waals surface area (Å²) in [4.78, 5) is 22.0. The Kier molecular flexibility index (Phi) is 5.50. The summed E-state index contributed by atoms with van der Waals surface area (Å²) in [5, 5.41) is 3.30. The van der Waals surface area contributed by atoms with Crippen LogP contribution in [0.1, 0.15) is 32.4 Å². The van der Waals surface area contributed by atoms with Crippen molar-refractivity contribution in [1.29, 1.82) is 0 Å². The lowest BCUT2D eigenvalue weighted by molar-refractivity contribution is -0.144. The van der Waals surface area contributed by atoms with Crippen LogP contribution in [0.2, 0.25) is 0 Å². The van der Waals surface area contributed by atoms with Crippen molar-refractivity contribution in [3.63, 3.8) is 0 Å². The Morgan fingerprint density at radius 2 is 2.00 bits per heavy atom. The first-order chi connectivity index (χ1) is 14.7. The molecule has 0 aromatic carbocycles. The van der Waals surface area contributed by atoms with Gasteiger partial charge in [-0.1, -0.05) is 0 Å². The van der Waals surface area contributed by atoms with Gasteiger partial charge in [-0.2, -0.15) is 13.2 Å². The maximum atomic E-state index is 13.5. The van der Waals surface area contributed by atoms with E-state index in [0.29, 0.717) is 21.3 Å². The standard InChI is InChI=1S/C20H22F3N5O2S/c1-4-28-15(20(21,22)23)9-13-17(19(28)29)27(3)18(26-13)16-14(31(30)5-2)8-12(10-24-16)25-11-6-7-11/h8-11,25H,4-7H2,1-3H3. The summed E-state index contributed by atoms with van der Waals surface area (Å²) in [5.74, 6) is 0.538. The second-order valence-electron chi connectivity index (χ2n) is 7.43. The number of hydrogen-bond acceptors (Lipinski definition) is 5. The summed E-state index contributed by atoms with van der Waals surface area (Å²) in [6, 6.07) is 2.99. The molecule has 1 N–H and O–H groups in total. The number of nitrogens with one attached hydrogen (secondary N) is 1. The van der Waals surface area contributed by atoms with Crippen molar-refractivity contribution in [2.75, 3.05) is 11.1 Å². The molecule has 4 rings (SSSR count). The first-order valence-corrected chi connectivity index (χ1v) is 11.3. The van der Waals surface area contributed by atoms with Gasteiger partial charge >= 0.3 is 6.18 Å². The third kappa shape index (κ3) is 3.91. The molecule has 11 heteroatoms. The molecule has 1 aliphatic rings. The second kappa shape index (κ2) is 7.86. The second-order valence-corrected chi connectivity index (χ2v) is 9.14. The fraction of sp³-hybridized carbons (Fsp3) is 0.450. The van der Waals surface area contributed by atoms with Crippen LogP contribution in [0.15, 0.2) is 28.0 Å². The first kappa shape index (κ1) is 21.7. The topological polar surface area (TPSA) is 87.8 Å². The van der Waals surface area contributed by atoms with Gasteiger partial charge in [0.2, 0.25) is 0 Å². The highest BCUT2D eigenvalue weighted by Crippen LogP contribution is 2.34. The Bertz CT molecular complexity index is 1200. The van der Waals surface area contributed by atoms with Crippen LogP contribution >= 0.6 is 0 Å². The van der Waals surface area contributed by atoms with Gasteiger partial charge in [0.15, 0.2) is 16.4 Å². The van der Waals surface area contributed by atoms with Crippen molar-refractivity contribution >= 4 is 27.9 Å². The van der Waals surface area contributed by atoms with Crippen LogP contribution < -0.4 is 10.9 Å². The van der Waals surface area contributed by atoms with Crippen molar-refractivity contribution in [3.05, 3.63) is 34.4 Å². The quantitative estimate of drug-likeness (QED) is 0.577. The summed E-state index contributed by atoms with van der Waals surface area (Å²) in [7, 11) is 1.55. The molecule has 1 atom stereocenters. The van der Waals surface area contributed by atoms with Crippen molar-refractivity contribution in [2.45, 2.75) is 50.3 Å². The molecule has 166 valence electrons. The van der Waals surface area contributed by atoms with Crippen LogP contribution in [0.3, 0.4) is 0 Å². The molecule has 0 aliphatic heterocycles. The number of nitrogens with zero attached hydrogens (tertiary/aromatic N) is 4. The molecule has 1 unspecified atom stereocenters. The lowest BCUT2D eigenvalue weighted by Crippen LogP contribution is -2.28. The monoisotopic (exact) mass is 453 g/mol. The van der Waals surface area contributed by atoms with Gasteiger partial charge in [-0.25, -0.2) is 9.97 Å². The zero-order valence-corrected chi connectivity index (χ0v) is 18.1. The zero-order chi connectivity index (χ0) is 22.5. The molecule has 3 heterocycles. The average molecular weight is 453 g/mol. The third-order valence-electron chi connectivity index (χ3n) is 5.26. The molecule has 31 heavy (non-hydrogen) atoms. The van der Waals surface area contributed by atoms with Gasteiger partial charge in [-0.15, -0.1) is 0 Å². The predicted molar refractivity (Wildman–Crippen MR) is 112 cm³/mol. The van der Waals surface area contributed by atoms with Crippen LogP contribution in [0.4, 0.5) is 18.9 Å². The van der Waals surface area contributed by atoms with Crippen molar-refractivity contribution in [3.8, 4) is 11.5 Å². The van der Waals surface area contributed by atoms with Crippen LogP contribution in [0.25, 0.3) is 22.6 Å². The number of aryl methyl sites for hydroxylation is 1. The lowest BCUT2D eigenvalue weighted by atomic mass is 10.3. The predicted octanol–water partition coefficient (Wildman–Crippen LogP) is 3.54. The van der Waals surface area contributed by atoms with E-state index in [-0.39, 0.29) is 29.1 Å². The number of anilines is 1. The van der Waals surface area contributed by atoms with E-state index in [4.69, 9.17) is 0 Å². The van der Waals surface area contributed by atoms with Gasteiger partial charge < -0.3 is 19.0 Å². The maximum absolute atomic E-state index is 13.5. The van der Waals surface area contributed by atoms with Gasteiger partial charge in [0.1, 0.15) is 17.0 Å². The highest BCUT2D eigenvalue weighted by Gasteiger charge is 2.36. The summed E-state index contributed by atoms with van der Waals surface area (Å²) < 4.78 is 55.3. The van der Waals surface area contributed by atoms with E-state index in [2.05, 4.69) is 15.3 Å². The van der Waals surface area contributed by atoms with E-state index in [1.165, 1.54) is 11.5 Å². The number of fused-ring (bicyclic) bond motifs is 1. The van der Waals surface area contributed by atoms with E-state index in [9.17, 15) is 22.5 Å². The zero-order valence-electron chi connectivity index (χ0n) is 17.3. The molecule has 0 spiro atoms. The molecule has 0 saturated heterocycles.